The van der Waals surface area contributed by atoms with E-state index in [1.54, 1.807) is 20.8 Å². The average molecular weight is 390 g/mol. The molecule has 1 aliphatic rings. The van der Waals surface area contributed by atoms with Gasteiger partial charge in [0.2, 0.25) is 0 Å². The summed E-state index contributed by atoms with van der Waals surface area (Å²) in [4.78, 5) is 46.9. The van der Waals surface area contributed by atoms with Crippen LogP contribution in [0.2, 0.25) is 0 Å². The van der Waals surface area contributed by atoms with Gasteiger partial charge in [0, 0.05) is 20.8 Å². The standard InChI is InChI=1S/C17H26O10/c1-8(18)23-11-12(24-9(2)19)14(25-10(3)20)16(27-17(4,5)6)26-13(11)15(21)22-7/h11-14,16H,1-7H3/t11-,12?,13?,14-,16-/m0/s1. The van der Waals surface area contributed by atoms with Crippen LogP contribution in [-0.2, 0) is 47.6 Å². The van der Waals surface area contributed by atoms with Crippen molar-refractivity contribution in [2.75, 3.05) is 7.11 Å². The van der Waals surface area contributed by atoms with Gasteiger partial charge in [0.05, 0.1) is 12.7 Å². The molecule has 0 amide bonds. The molecule has 1 rings (SSSR count). The molecule has 0 saturated carbocycles. The summed E-state index contributed by atoms with van der Waals surface area (Å²) in [5, 5.41) is 0. The summed E-state index contributed by atoms with van der Waals surface area (Å²) < 4.78 is 31.6. The van der Waals surface area contributed by atoms with E-state index in [0.717, 1.165) is 27.9 Å². The lowest BCUT2D eigenvalue weighted by Crippen LogP contribution is -2.64. The molecule has 0 aromatic rings. The van der Waals surface area contributed by atoms with Crippen LogP contribution in [0.4, 0.5) is 0 Å². The Morgan fingerprint density at radius 1 is 0.778 bits per heavy atom. The van der Waals surface area contributed by atoms with E-state index in [-0.39, 0.29) is 0 Å². The van der Waals surface area contributed by atoms with E-state index in [0.29, 0.717) is 0 Å². The third-order valence-electron chi connectivity index (χ3n) is 3.30. The van der Waals surface area contributed by atoms with Crippen LogP contribution in [0.5, 0.6) is 0 Å². The van der Waals surface area contributed by atoms with Gasteiger partial charge < -0.3 is 28.4 Å². The first-order chi connectivity index (χ1) is 12.4. The summed E-state index contributed by atoms with van der Waals surface area (Å²) in [5.74, 6) is -3.08. The van der Waals surface area contributed by atoms with Gasteiger partial charge in [0.25, 0.3) is 0 Å². The Labute approximate surface area is 157 Å². The van der Waals surface area contributed by atoms with E-state index in [1.807, 2.05) is 0 Å². The molecule has 1 fully saturated rings. The zero-order valence-electron chi connectivity index (χ0n) is 16.5. The summed E-state index contributed by atoms with van der Waals surface area (Å²) >= 11 is 0. The Hall–Kier alpha value is -2.20. The molecule has 10 nitrogen and oxygen atoms in total. The minimum atomic E-state index is -1.46. The van der Waals surface area contributed by atoms with Crippen molar-refractivity contribution in [1.82, 2.24) is 0 Å². The maximum atomic E-state index is 12.2. The topological polar surface area (TPSA) is 124 Å². The van der Waals surface area contributed by atoms with Gasteiger partial charge in [0.1, 0.15) is 0 Å². The maximum Gasteiger partial charge on any atom is 0.339 e. The smallest absolute Gasteiger partial charge is 0.339 e. The zero-order chi connectivity index (χ0) is 20.9. The van der Waals surface area contributed by atoms with Crippen LogP contribution in [0.1, 0.15) is 41.5 Å². The van der Waals surface area contributed by atoms with Crippen molar-refractivity contribution in [2.24, 2.45) is 0 Å². The lowest BCUT2D eigenvalue weighted by atomic mass is 9.97. The molecule has 1 heterocycles. The van der Waals surface area contributed by atoms with Crippen LogP contribution >= 0.6 is 0 Å². The predicted octanol–water partition coefficient (Wildman–Crippen LogP) is 0.494. The number of hydrogen-bond acceptors (Lipinski definition) is 10. The van der Waals surface area contributed by atoms with Crippen LogP contribution in [0, 0.1) is 0 Å². The lowest BCUT2D eigenvalue weighted by Gasteiger charge is -2.44. The zero-order valence-corrected chi connectivity index (χ0v) is 16.5. The summed E-state index contributed by atoms with van der Waals surface area (Å²) in [7, 11) is 1.12. The Bertz CT molecular complexity index is 579. The molecule has 154 valence electrons. The summed E-state index contributed by atoms with van der Waals surface area (Å²) in [5.41, 5.74) is -0.765. The minimum Gasteiger partial charge on any atom is -0.467 e. The number of hydrogen-bond donors (Lipinski definition) is 0. The first-order valence-corrected chi connectivity index (χ1v) is 8.28. The Morgan fingerprint density at radius 3 is 1.63 bits per heavy atom. The highest BCUT2D eigenvalue weighted by atomic mass is 16.7. The molecule has 0 radical (unpaired) electrons. The highest BCUT2D eigenvalue weighted by Crippen LogP contribution is 2.32. The van der Waals surface area contributed by atoms with E-state index in [4.69, 9.17) is 28.4 Å². The van der Waals surface area contributed by atoms with E-state index in [2.05, 4.69) is 0 Å². The third-order valence-corrected chi connectivity index (χ3v) is 3.30. The van der Waals surface area contributed by atoms with Crippen molar-refractivity contribution in [3.63, 3.8) is 0 Å². The minimum absolute atomic E-state index is 0.707. The van der Waals surface area contributed by atoms with Crippen molar-refractivity contribution < 1.29 is 47.6 Å². The SMILES string of the molecule is COC(=O)C1O[C@@H](OC(C)(C)C)[C@@H](OC(C)=O)C(OC(C)=O)[C@@H]1OC(C)=O. The van der Waals surface area contributed by atoms with Gasteiger partial charge in [-0.25, -0.2) is 4.79 Å². The number of rotatable bonds is 5. The van der Waals surface area contributed by atoms with E-state index in [1.165, 1.54) is 0 Å². The van der Waals surface area contributed by atoms with Crippen LogP contribution in [0.15, 0.2) is 0 Å². The summed E-state index contributed by atoms with van der Waals surface area (Å²) in [6, 6.07) is 0. The van der Waals surface area contributed by atoms with Gasteiger partial charge in [0.15, 0.2) is 30.7 Å². The third kappa shape index (κ3) is 6.79. The van der Waals surface area contributed by atoms with Crippen LogP contribution in [0.3, 0.4) is 0 Å². The van der Waals surface area contributed by atoms with E-state index in [9.17, 15) is 19.2 Å². The lowest BCUT2D eigenvalue weighted by molar-refractivity contribution is -0.319. The molecule has 1 saturated heterocycles. The molecule has 1 aliphatic heterocycles. The molecule has 0 bridgehead atoms. The number of esters is 4. The normalized spacial score (nSPS) is 28.0. The first-order valence-electron chi connectivity index (χ1n) is 8.28. The van der Waals surface area contributed by atoms with Crippen molar-refractivity contribution in [1.29, 1.82) is 0 Å². The molecule has 0 aromatic carbocycles. The fourth-order valence-electron chi connectivity index (χ4n) is 2.52. The predicted molar refractivity (Wildman–Crippen MR) is 88.2 cm³/mol. The van der Waals surface area contributed by atoms with Gasteiger partial charge in [-0.3, -0.25) is 14.4 Å². The summed E-state index contributed by atoms with van der Waals surface area (Å²) in [6.07, 6.45) is -6.77. The second kappa shape index (κ2) is 9.14. The van der Waals surface area contributed by atoms with Gasteiger partial charge in [-0.15, -0.1) is 0 Å². The first kappa shape index (κ1) is 22.8. The molecule has 0 aliphatic carbocycles. The molecule has 27 heavy (non-hydrogen) atoms. The van der Waals surface area contributed by atoms with Crippen molar-refractivity contribution in [2.45, 2.75) is 77.8 Å². The van der Waals surface area contributed by atoms with Crippen molar-refractivity contribution in [3.05, 3.63) is 0 Å². The molecule has 0 N–H and O–H groups in total. The van der Waals surface area contributed by atoms with Crippen molar-refractivity contribution in [3.8, 4) is 0 Å². The Morgan fingerprint density at radius 2 is 1.22 bits per heavy atom. The van der Waals surface area contributed by atoms with Crippen LogP contribution in [0.25, 0.3) is 0 Å². The van der Waals surface area contributed by atoms with Crippen molar-refractivity contribution >= 4 is 23.9 Å². The second-order valence-electron chi connectivity index (χ2n) is 6.90. The second-order valence-corrected chi connectivity index (χ2v) is 6.90. The fraction of sp³-hybridized carbons (Fsp3) is 0.765. The van der Waals surface area contributed by atoms with Gasteiger partial charge in [-0.2, -0.15) is 0 Å². The molecular formula is C17H26O10. The molecule has 10 heteroatoms. The Kier molecular flexibility index (Phi) is 7.73. The monoisotopic (exact) mass is 390 g/mol. The molecule has 2 unspecified atom stereocenters. The fourth-order valence-corrected chi connectivity index (χ4v) is 2.52. The number of carbonyl (C=O) groups excluding carboxylic acids is 4. The van der Waals surface area contributed by atoms with E-state index >= 15 is 0 Å². The maximum absolute atomic E-state index is 12.2. The van der Waals surface area contributed by atoms with Gasteiger partial charge >= 0.3 is 23.9 Å². The van der Waals surface area contributed by atoms with Gasteiger partial charge in [-0.1, -0.05) is 0 Å². The summed E-state index contributed by atoms with van der Waals surface area (Å²) in [6.45, 7) is 8.52. The quantitative estimate of drug-likeness (QED) is 0.484. The molecule has 0 aromatic heterocycles. The number of methoxy groups -OCH3 is 1. The largest absolute Gasteiger partial charge is 0.467 e. The number of ether oxygens (including phenoxy) is 6. The molecular weight excluding hydrogens is 364 g/mol. The highest BCUT2D eigenvalue weighted by molar-refractivity contribution is 5.77. The average Bonchev–Trinajstić information content (AvgIpc) is 2.49. The highest BCUT2D eigenvalue weighted by Gasteiger charge is 2.55. The number of carbonyl (C=O) groups is 4. The van der Waals surface area contributed by atoms with Gasteiger partial charge in [-0.05, 0) is 20.8 Å². The van der Waals surface area contributed by atoms with Crippen LogP contribution < -0.4 is 0 Å². The molecule has 0 spiro atoms. The molecule has 5 atom stereocenters. The Balaban J connectivity index is 3.40. The van der Waals surface area contributed by atoms with Crippen LogP contribution in [-0.4, -0.2) is 67.3 Å². The van der Waals surface area contributed by atoms with E-state index < -0.39 is 60.2 Å².